The fourth-order valence-electron chi connectivity index (χ4n) is 2.99. The Morgan fingerprint density at radius 2 is 1.73 bits per heavy atom. The molecule has 0 aliphatic carbocycles. The number of benzene rings is 3. The zero-order chi connectivity index (χ0) is 23.5. The molecule has 1 fully saturated rings. The summed E-state index contributed by atoms with van der Waals surface area (Å²) in [6, 6.07) is 17.3. The van der Waals surface area contributed by atoms with Crippen LogP contribution in [0.2, 0.25) is 5.02 Å². The van der Waals surface area contributed by atoms with E-state index in [1.807, 2.05) is 0 Å². The molecule has 0 unspecified atom stereocenters. The second-order valence-corrected chi connectivity index (χ2v) is 8.89. The predicted octanol–water partition coefficient (Wildman–Crippen LogP) is 6.11. The van der Waals surface area contributed by atoms with Crippen molar-refractivity contribution in [3.05, 3.63) is 93.6 Å². The third-order valence-electron chi connectivity index (χ3n) is 4.67. The van der Waals surface area contributed by atoms with Crippen molar-refractivity contribution in [2.24, 2.45) is 0 Å². The Labute approximate surface area is 203 Å². The number of carbonyl (C=O) groups excluding carboxylic acids is 2. The fourth-order valence-corrected chi connectivity index (χ4v) is 4.46. The van der Waals surface area contributed by atoms with E-state index in [0.29, 0.717) is 32.0 Å². The molecule has 0 bridgehead atoms. The summed E-state index contributed by atoms with van der Waals surface area (Å²) >= 11 is 12.3. The van der Waals surface area contributed by atoms with Crippen LogP contribution in [0.15, 0.2) is 71.6 Å². The van der Waals surface area contributed by atoms with Crippen molar-refractivity contribution in [2.45, 2.75) is 0 Å². The van der Waals surface area contributed by atoms with Gasteiger partial charge in [-0.15, -0.1) is 0 Å². The highest BCUT2D eigenvalue weighted by Gasteiger charge is 2.33. The number of carbonyl (C=O) groups is 2. The van der Waals surface area contributed by atoms with Crippen molar-refractivity contribution < 1.29 is 23.5 Å². The molecule has 0 saturated carbocycles. The van der Waals surface area contributed by atoms with Crippen LogP contribution in [0.25, 0.3) is 6.08 Å². The minimum absolute atomic E-state index is 0.0923. The number of halogens is 2. The highest BCUT2D eigenvalue weighted by atomic mass is 35.5. The number of amides is 1. The van der Waals surface area contributed by atoms with Gasteiger partial charge in [0.15, 0.2) is 4.32 Å². The number of thiocarbonyl (C=S) groups is 1. The van der Waals surface area contributed by atoms with Crippen LogP contribution < -0.4 is 14.4 Å². The molecule has 1 aliphatic rings. The lowest BCUT2D eigenvalue weighted by Crippen LogP contribution is -2.27. The highest BCUT2D eigenvalue weighted by Crippen LogP contribution is 2.37. The Morgan fingerprint density at radius 1 is 1.06 bits per heavy atom. The number of thioether (sulfide) groups is 1. The lowest BCUT2D eigenvalue weighted by atomic mass is 10.2. The summed E-state index contributed by atoms with van der Waals surface area (Å²) in [6.07, 6.45) is 1.68. The Morgan fingerprint density at radius 3 is 2.36 bits per heavy atom. The number of ether oxygens (including phenoxy) is 2. The van der Waals surface area contributed by atoms with Gasteiger partial charge in [-0.05, 0) is 66.2 Å². The second kappa shape index (κ2) is 9.74. The van der Waals surface area contributed by atoms with E-state index >= 15 is 0 Å². The van der Waals surface area contributed by atoms with E-state index in [-0.39, 0.29) is 10.9 Å². The Balaban J connectivity index is 1.47. The molecule has 0 spiro atoms. The van der Waals surface area contributed by atoms with E-state index in [2.05, 4.69) is 0 Å². The van der Waals surface area contributed by atoms with Gasteiger partial charge in [0.05, 0.1) is 28.3 Å². The minimum Gasteiger partial charge on any atom is -0.497 e. The van der Waals surface area contributed by atoms with Crippen LogP contribution in [0.5, 0.6) is 11.5 Å². The number of rotatable bonds is 5. The number of methoxy groups -OCH3 is 1. The summed E-state index contributed by atoms with van der Waals surface area (Å²) in [7, 11) is 1.55. The molecular formula is C24H15ClFNO4S2. The largest absolute Gasteiger partial charge is 0.497 e. The molecule has 1 aliphatic heterocycles. The molecule has 1 amide bonds. The van der Waals surface area contributed by atoms with Crippen molar-refractivity contribution >= 4 is 63.5 Å². The van der Waals surface area contributed by atoms with Gasteiger partial charge in [-0.3, -0.25) is 9.69 Å². The van der Waals surface area contributed by atoms with E-state index < -0.39 is 11.8 Å². The summed E-state index contributed by atoms with van der Waals surface area (Å²) < 4.78 is 24.2. The lowest BCUT2D eigenvalue weighted by Gasteiger charge is -2.14. The van der Waals surface area contributed by atoms with Crippen LogP contribution in [-0.2, 0) is 4.79 Å². The molecule has 0 aromatic heterocycles. The first-order valence-electron chi connectivity index (χ1n) is 9.55. The molecule has 0 radical (unpaired) electrons. The molecule has 0 atom stereocenters. The van der Waals surface area contributed by atoms with Gasteiger partial charge in [-0.1, -0.05) is 47.7 Å². The SMILES string of the molecule is COc1ccc(C(=O)Oc2ccc(C=C3SC(=S)N(c4ccc(F)c(Cl)c4)C3=O)cc2)cc1. The molecule has 3 aromatic carbocycles. The zero-order valence-electron chi connectivity index (χ0n) is 17.1. The van der Waals surface area contributed by atoms with Crippen LogP contribution in [-0.4, -0.2) is 23.3 Å². The highest BCUT2D eigenvalue weighted by molar-refractivity contribution is 8.27. The van der Waals surface area contributed by atoms with E-state index in [1.165, 1.54) is 23.1 Å². The maximum absolute atomic E-state index is 13.5. The van der Waals surface area contributed by atoms with Crippen molar-refractivity contribution in [3.8, 4) is 11.5 Å². The van der Waals surface area contributed by atoms with Crippen LogP contribution in [0.1, 0.15) is 15.9 Å². The van der Waals surface area contributed by atoms with Crippen LogP contribution in [0.4, 0.5) is 10.1 Å². The van der Waals surface area contributed by atoms with E-state index in [0.717, 1.165) is 17.3 Å². The molecule has 1 saturated heterocycles. The topological polar surface area (TPSA) is 55.8 Å². The molecular weight excluding hydrogens is 485 g/mol. The van der Waals surface area contributed by atoms with Crippen LogP contribution in [0.3, 0.4) is 0 Å². The Hall–Kier alpha value is -3.20. The molecule has 1 heterocycles. The number of esters is 1. The average Bonchev–Trinajstić information content (AvgIpc) is 3.09. The monoisotopic (exact) mass is 499 g/mol. The summed E-state index contributed by atoms with van der Waals surface area (Å²) in [4.78, 5) is 26.9. The van der Waals surface area contributed by atoms with Crippen LogP contribution in [0, 0.1) is 5.82 Å². The molecule has 3 aromatic rings. The maximum Gasteiger partial charge on any atom is 0.343 e. The first-order chi connectivity index (χ1) is 15.9. The molecule has 5 nitrogen and oxygen atoms in total. The summed E-state index contributed by atoms with van der Waals surface area (Å²) in [5.74, 6) is -0.397. The third kappa shape index (κ3) is 5.08. The van der Waals surface area contributed by atoms with Gasteiger partial charge < -0.3 is 9.47 Å². The van der Waals surface area contributed by atoms with Gasteiger partial charge in [-0.2, -0.15) is 0 Å². The van der Waals surface area contributed by atoms with Crippen molar-refractivity contribution in [2.75, 3.05) is 12.0 Å². The number of nitrogens with zero attached hydrogens (tertiary/aromatic N) is 1. The van der Waals surface area contributed by atoms with E-state index in [9.17, 15) is 14.0 Å². The Bertz CT molecular complexity index is 1280. The first kappa shape index (κ1) is 23.0. The van der Waals surface area contributed by atoms with E-state index in [1.54, 1.807) is 61.7 Å². The molecule has 4 rings (SSSR count). The summed E-state index contributed by atoms with van der Waals surface area (Å²) in [5.41, 5.74) is 1.51. The molecule has 0 N–H and O–H groups in total. The second-order valence-electron chi connectivity index (χ2n) is 6.80. The van der Waals surface area contributed by atoms with E-state index in [4.69, 9.17) is 33.3 Å². The standard InChI is InChI=1S/C24H15ClFNO4S2/c1-30-17-9-4-15(5-10-17)23(29)31-18-7-2-14(3-8-18)12-21-22(28)27(24(32)33-21)16-6-11-20(26)19(25)13-16/h2-13H,1H3. The van der Waals surface area contributed by atoms with Crippen molar-refractivity contribution in [1.29, 1.82) is 0 Å². The number of hydrogen-bond donors (Lipinski definition) is 0. The molecule has 166 valence electrons. The van der Waals surface area contributed by atoms with Crippen molar-refractivity contribution in [3.63, 3.8) is 0 Å². The van der Waals surface area contributed by atoms with Gasteiger partial charge in [-0.25, -0.2) is 9.18 Å². The minimum atomic E-state index is -0.575. The maximum atomic E-state index is 13.5. The smallest absolute Gasteiger partial charge is 0.343 e. The first-order valence-corrected chi connectivity index (χ1v) is 11.2. The summed E-state index contributed by atoms with van der Waals surface area (Å²) in [5, 5.41) is -0.0923. The van der Waals surface area contributed by atoms with Gasteiger partial charge >= 0.3 is 5.97 Å². The third-order valence-corrected chi connectivity index (χ3v) is 6.26. The lowest BCUT2D eigenvalue weighted by molar-refractivity contribution is -0.113. The molecule has 33 heavy (non-hydrogen) atoms. The van der Waals surface area contributed by atoms with Crippen molar-refractivity contribution in [1.82, 2.24) is 0 Å². The zero-order valence-corrected chi connectivity index (χ0v) is 19.5. The average molecular weight is 500 g/mol. The Kier molecular flexibility index (Phi) is 6.78. The summed E-state index contributed by atoms with van der Waals surface area (Å²) in [6.45, 7) is 0. The van der Waals surface area contributed by atoms with Gasteiger partial charge in [0, 0.05) is 0 Å². The van der Waals surface area contributed by atoms with Gasteiger partial charge in [0.25, 0.3) is 5.91 Å². The number of anilines is 1. The van der Waals surface area contributed by atoms with Crippen LogP contribution >= 0.6 is 35.6 Å². The van der Waals surface area contributed by atoms with Gasteiger partial charge in [0.2, 0.25) is 0 Å². The fraction of sp³-hybridized carbons (Fsp3) is 0.0417. The van der Waals surface area contributed by atoms with Gasteiger partial charge in [0.1, 0.15) is 17.3 Å². The normalized spacial score (nSPS) is 14.6. The molecule has 9 heteroatoms. The predicted molar refractivity (Wildman–Crippen MR) is 131 cm³/mol. The number of hydrogen-bond acceptors (Lipinski definition) is 6. The quantitative estimate of drug-likeness (QED) is 0.183.